The van der Waals surface area contributed by atoms with Gasteiger partial charge in [-0.15, -0.1) is 0 Å². The molecule has 1 fully saturated rings. The lowest BCUT2D eigenvalue weighted by molar-refractivity contribution is -0.136. The van der Waals surface area contributed by atoms with Crippen LogP contribution in [0.2, 0.25) is 5.02 Å². The van der Waals surface area contributed by atoms with Crippen LogP contribution in [0.3, 0.4) is 0 Å². The van der Waals surface area contributed by atoms with Crippen molar-refractivity contribution in [3.63, 3.8) is 0 Å². The maximum absolute atomic E-state index is 12.4. The van der Waals surface area contributed by atoms with Crippen molar-refractivity contribution in [2.45, 2.75) is 19.3 Å². The van der Waals surface area contributed by atoms with Crippen molar-refractivity contribution in [3.8, 4) is 5.75 Å². The Morgan fingerprint density at radius 2 is 1.85 bits per heavy atom. The van der Waals surface area contributed by atoms with Gasteiger partial charge < -0.3 is 19.3 Å². The van der Waals surface area contributed by atoms with E-state index in [0.29, 0.717) is 56.4 Å². The summed E-state index contributed by atoms with van der Waals surface area (Å²) in [4.78, 5) is 27.9. The van der Waals surface area contributed by atoms with Gasteiger partial charge in [0.15, 0.2) is 0 Å². The highest BCUT2D eigenvalue weighted by molar-refractivity contribution is 9.10. The van der Waals surface area contributed by atoms with Crippen molar-refractivity contribution in [2.75, 3.05) is 46.5 Å². The molecule has 0 saturated carbocycles. The zero-order valence-electron chi connectivity index (χ0n) is 14.9. The van der Waals surface area contributed by atoms with Crippen LogP contribution in [0.1, 0.15) is 19.3 Å². The van der Waals surface area contributed by atoms with E-state index >= 15 is 0 Å². The summed E-state index contributed by atoms with van der Waals surface area (Å²) in [7, 11) is 1.51. The van der Waals surface area contributed by atoms with Crippen LogP contribution >= 0.6 is 27.5 Å². The molecule has 0 atom stereocenters. The van der Waals surface area contributed by atoms with E-state index < -0.39 is 0 Å². The van der Waals surface area contributed by atoms with E-state index in [2.05, 4.69) is 15.9 Å². The molecule has 1 aliphatic rings. The van der Waals surface area contributed by atoms with Gasteiger partial charge in [-0.05, 0) is 31.0 Å². The normalized spacial score (nSPS) is 14.9. The molecule has 1 saturated heterocycles. The zero-order chi connectivity index (χ0) is 18.9. The first-order valence-electron chi connectivity index (χ1n) is 8.63. The molecule has 1 aromatic rings. The third kappa shape index (κ3) is 6.45. The summed E-state index contributed by atoms with van der Waals surface area (Å²) in [6, 6.07) is 5.44. The Morgan fingerprint density at radius 3 is 2.50 bits per heavy atom. The van der Waals surface area contributed by atoms with Crippen LogP contribution in [0.25, 0.3) is 0 Å². The lowest BCUT2D eigenvalue weighted by Gasteiger charge is -2.22. The maximum Gasteiger partial charge on any atom is 0.248 e. The Bertz CT molecular complexity index is 629. The zero-order valence-corrected chi connectivity index (χ0v) is 17.2. The maximum atomic E-state index is 12.4. The molecule has 0 aromatic heterocycles. The quantitative estimate of drug-likeness (QED) is 0.603. The number of benzene rings is 1. The fourth-order valence-corrected chi connectivity index (χ4v) is 3.51. The van der Waals surface area contributed by atoms with Gasteiger partial charge in [0, 0.05) is 44.2 Å². The molecule has 0 bridgehead atoms. The molecule has 1 aliphatic heterocycles. The number of carbonyl (C=O) groups is 2. The number of ether oxygens (including phenoxy) is 2. The third-order valence-corrected chi connectivity index (χ3v) is 4.94. The number of hydrogen-bond acceptors (Lipinski definition) is 4. The molecular formula is C18H24BrClN2O4. The molecule has 1 aromatic carbocycles. The Labute approximate surface area is 167 Å². The lowest BCUT2D eigenvalue weighted by Crippen LogP contribution is -2.38. The highest BCUT2D eigenvalue weighted by atomic mass is 79.9. The van der Waals surface area contributed by atoms with Gasteiger partial charge in [0.1, 0.15) is 12.4 Å². The van der Waals surface area contributed by atoms with Gasteiger partial charge in [0.25, 0.3) is 0 Å². The van der Waals surface area contributed by atoms with Gasteiger partial charge in [-0.2, -0.15) is 0 Å². The van der Waals surface area contributed by atoms with Crippen molar-refractivity contribution in [1.29, 1.82) is 0 Å². The minimum atomic E-state index is -0.0263. The molecule has 2 rings (SSSR count). The number of halogens is 2. The van der Waals surface area contributed by atoms with E-state index in [-0.39, 0.29) is 18.4 Å². The van der Waals surface area contributed by atoms with E-state index in [1.165, 1.54) is 7.11 Å². The average Bonchev–Trinajstić information content (AvgIpc) is 2.86. The molecule has 26 heavy (non-hydrogen) atoms. The fourth-order valence-electron chi connectivity index (χ4n) is 2.79. The SMILES string of the molecule is COCC(=O)N1CCCN(C(=O)CCCOc2ccc(Br)cc2Cl)CC1. The smallest absolute Gasteiger partial charge is 0.248 e. The molecule has 0 radical (unpaired) electrons. The number of amides is 2. The molecule has 0 spiro atoms. The van der Waals surface area contributed by atoms with E-state index in [0.717, 1.165) is 10.9 Å². The topological polar surface area (TPSA) is 59.1 Å². The first-order valence-corrected chi connectivity index (χ1v) is 9.80. The number of hydrogen-bond donors (Lipinski definition) is 0. The van der Waals surface area contributed by atoms with Gasteiger partial charge in [0.05, 0.1) is 11.6 Å². The summed E-state index contributed by atoms with van der Waals surface area (Å²) in [6.07, 6.45) is 1.82. The molecule has 0 N–H and O–H groups in total. The summed E-state index contributed by atoms with van der Waals surface area (Å²) >= 11 is 9.45. The van der Waals surface area contributed by atoms with E-state index in [1.807, 2.05) is 11.0 Å². The molecule has 0 aliphatic carbocycles. The van der Waals surface area contributed by atoms with Crippen LogP contribution in [0.15, 0.2) is 22.7 Å². The average molecular weight is 448 g/mol. The molecule has 2 amide bonds. The van der Waals surface area contributed by atoms with E-state index in [4.69, 9.17) is 21.1 Å². The Morgan fingerprint density at radius 1 is 1.15 bits per heavy atom. The van der Waals surface area contributed by atoms with Crippen molar-refractivity contribution >= 4 is 39.3 Å². The van der Waals surface area contributed by atoms with Crippen LogP contribution in [-0.2, 0) is 14.3 Å². The first kappa shape index (κ1) is 21.0. The van der Waals surface area contributed by atoms with Crippen LogP contribution in [0, 0.1) is 0 Å². The Balaban J connectivity index is 1.71. The number of methoxy groups -OCH3 is 1. The predicted octanol–water partition coefficient (Wildman–Crippen LogP) is 2.97. The van der Waals surface area contributed by atoms with Crippen molar-refractivity contribution in [2.24, 2.45) is 0 Å². The van der Waals surface area contributed by atoms with Crippen LogP contribution < -0.4 is 4.74 Å². The summed E-state index contributed by atoms with van der Waals surface area (Å²) in [5.41, 5.74) is 0. The van der Waals surface area contributed by atoms with Gasteiger partial charge in [-0.1, -0.05) is 27.5 Å². The van der Waals surface area contributed by atoms with Crippen LogP contribution in [-0.4, -0.2) is 68.1 Å². The summed E-state index contributed by atoms with van der Waals surface area (Å²) < 4.78 is 11.4. The molecule has 1 heterocycles. The van der Waals surface area contributed by atoms with Crippen LogP contribution in [0.5, 0.6) is 5.75 Å². The molecule has 6 nitrogen and oxygen atoms in total. The van der Waals surface area contributed by atoms with Gasteiger partial charge >= 0.3 is 0 Å². The molecule has 144 valence electrons. The highest BCUT2D eigenvalue weighted by Crippen LogP contribution is 2.27. The summed E-state index contributed by atoms with van der Waals surface area (Å²) in [5.74, 6) is 0.683. The summed E-state index contributed by atoms with van der Waals surface area (Å²) in [5, 5.41) is 0.541. The number of rotatable bonds is 7. The second-order valence-corrected chi connectivity index (χ2v) is 7.40. The number of nitrogens with zero attached hydrogens (tertiary/aromatic N) is 2. The van der Waals surface area contributed by atoms with Crippen molar-refractivity contribution < 1.29 is 19.1 Å². The van der Waals surface area contributed by atoms with Gasteiger partial charge in [-0.3, -0.25) is 9.59 Å². The standard InChI is InChI=1S/C18H24BrClN2O4/c1-25-13-18(24)22-8-3-7-21(9-10-22)17(23)4-2-11-26-16-6-5-14(19)12-15(16)20/h5-6,12H,2-4,7-11,13H2,1H3. The predicted molar refractivity (Wildman–Crippen MR) is 104 cm³/mol. The second-order valence-electron chi connectivity index (χ2n) is 6.07. The molecule has 0 unspecified atom stereocenters. The van der Waals surface area contributed by atoms with E-state index in [1.54, 1.807) is 17.0 Å². The molecular weight excluding hydrogens is 424 g/mol. The van der Waals surface area contributed by atoms with Crippen molar-refractivity contribution in [1.82, 2.24) is 9.80 Å². The lowest BCUT2D eigenvalue weighted by atomic mass is 10.2. The second kappa shape index (κ2) is 10.7. The largest absolute Gasteiger partial charge is 0.492 e. The minimum absolute atomic E-state index is 0.0263. The molecule has 8 heteroatoms. The third-order valence-electron chi connectivity index (χ3n) is 4.16. The fraction of sp³-hybridized carbons (Fsp3) is 0.556. The van der Waals surface area contributed by atoms with Gasteiger partial charge in [0.2, 0.25) is 11.8 Å². The van der Waals surface area contributed by atoms with E-state index in [9.17, 15) is 9.59 Å². The van der Waals surface area contributed by atoms with Gasteiger partial charge in [-0.25, -0.2) is 0 Å². The highest BCUT2D eigenvalue weighted by Gasteiger charge is 2.21. The summed E-state index contributed by atoms with van der Waals surface area (Å²) in [6.45, 7) is 2.97. The van der Waals surface area contributed by atoms with Crippen LogP contribution in [0.4, 0.5) is 0 Å². The van der Waals surface area contributed by atoms with Crippen molar-refractivity contribution in [3.05, 3.63) is 27.7 Å². The first-order chi connectivity index (χ1) is 12.5. The Kier molecular flexibility index (Phi) is 8.68. The Hall–Kier alpha value is -1.31. The monoisotopic (exact) mass is 446 g/mol. The minimum Gasteiger partial charge on any atom is -0.492 e. The number of carbonyl (C=O) groups excluding carboxylic acids is 2.